The molecular weight excluding hydrogens is 326 g/mol. The molecule has 2 atom stereocenters. The third kappa shape index (κ3) is 4.31. The van der Waals surface area contributed by atoms with E-state index in [0.717, 1.165) is 19.3 Å². The number of carbonyl (C=O) groups excluding carboxylic acids is 2. The number of rotatable bonds is 7. The number of benzene rings is 2. The summed E-state index contributed by atoms with van der Waals surface area (Å²) in [5, 5.41) is 2.74. The molecule has 0 saturated carbocycles. The van der Waals surface area contributed by atoms with Crippen molar-refractivity contribution < 1.29 is 14.3 Å². The molecule has 26 heavy (non-hydrogen) atoms. The van der Waals surface area contributed by atoms with Gasteiger partial charge in [-0.05, 0) is 30.4 Å². The number of nitrogens with one attached hydrogen (secondary N) is 1. The maximum absolute atomic E-state index is 12.1. The summed E-state index contributed by atoms with van der Waals surface area (Å²) < 4.78 is 4.74. The van der Waals surface area contributed by atoms with Crippen molar-refractivity contribution in [2.45, 2.75) is 37.6 Å². The largest absolute Gasteiger partial charge is 0.467 e. The highest BCUT2D eigenvalue weighted by Gasteiger charge is 2.36. The Bertz CT molecular complexity index is 690. The first-order valence-electron chi connectivity index (χ1n) is 9.17. The van der Waals surface area contributed by atoms with E-state index in [0.29, 0.717) is 12.3 Å². The topological polar surface area (TPSA) is 55.4 Å². The molecule has 0 unspecified atom stereocenters. The number of hydrogen-bond donors (Lipinski definition) is 1. The van der Waals surface area contributed by atoms with Crippen molar-refractivity contribution in [2.75, 3.05) is 7.11 Å². The highest BCUT2D eigenvalue weighted by molar-refractivity contribution is 5.89. The summed E-state index contributed by atoms with van der Waals surface area (Å²) in [6.45, 7) is 0. The van der Waals surface area contributed by atoms with Crippen molar-refractivity contribution in [1.82, 2.24) is 5.32 Å². The first-order chi connectivity index (χ1) is 12.7. The van der Waals surface area contributed by atoms with Crippen LogP contribution in [0.15, 0.2) is 60.7 Å². The molecule has 4 nitrogen and oxygen atoms in total. The average Bonchev–Trinajstić information content (AvgIpc) is 3.06. The number of hydrogen-bond acceptors (Lipinski definition) is 3. The molecule has 1 saturated heterocycles. The Morgan fingerprint density at radius 3 is 2.19 bits per heavy atom. The van der Waals surface area contributed by atoms with Crippen LogP contribution in [0.5, 0.6) is 0 Å². The first-order valence-corrected chi connectivity index (χ1v) is 9.17. The molecule has 4 heteroatoms. The summed E-state index contributed by atoms with van der Waals surface area (Å²) in [4.78, 5) is 23.7. The van der Waals surface area contributed by atoms with E-state index in [9.17, 15) is 9.59 Å². The van der Waals surface area contributed by atoms with Gasteiger partial charge in [0, 0.05) is 11.8 Å². The van der Waals surface area contributed by atoms with E-state index in [4.69, 9.17) is 4.74 Å². The van der Waals surface area contributed by atoms with Gasteiger partial charge in [0.25, 0.3) is 0 Å². The van der Waals surface area contributed by atoms with Crippen LogP contribution in [0, 0.1) is 5.92 Å². The fourth-order valence-corrected chi connectivity index (χ4v) is 3.75. The van der Waals surface area contributed by atoms with Crippen LogP contribution < -0.4 is 5.32 Å². The lowest BCUT2D eigenvalue weighted by atomic mass is 9.85. The van der Waals surface area contributed by atoms with E-state index < -0.39 is 6.04 Å². The average molecular weight is 351 g/mol. The Labute approximate surface area is 154 Å². The molecule has 3 rings (SSSR count). The zero-order valence-corrected chi connectivity index (χ0v) is 15.1. The van der Waals surface area contributed by atoms with E-state index in [1.165, 1.54) is 18.2 Å². The maximum Gasteiger partial charge on any atom is 0.328 e. The van der Waals surface area contributed by atoms with Gasteiger partial charge in [-0.25, -0.2) is 4.79 Å². The minimum Gasteiger partial charge on any atom is -0.467 e. The summed E-state index contributed by atoms with van der Waals surface area (Å²) in [5.41, 5.74) is 2.59. The molecule has 2 aromatic rings. The van der Waals surface area contributed by atoms with Crippen LogP contribution in [0.4, 0.5) is 0 Å². The molecule has 1 aliphatic heterocycles. The Morgan fingerprint density at radius 2 is 1.65 bits per heavy atom. The molecular formula is C22H25NO3. The third-order valence-corrected chi connectivity index (χ3v) is 5.14. The van der Waals surface area contributed by atoms with Crippen molar-refractivity contribution in [1.29, 1.82) is 0 Å². The van der Waals surface area contributed by atoms with Gasteiger partial charge >= 0.3 is 5.97 Å². The number of ether oxygens (including phenoxy) is 1. The van der Waals surface area contributed by atoms with Crippen molar-refractivity contribution in [2.24, 2.45) is 5.92 Å². The van der Waals surface area contributed by atoms with Gasteiger partial charge < -0.3 is 10.1 Å². The zero-order valence-electron chi connectivity index (χ0n) is 15.1. The van der Waals surface area contributed by atoms with Crippen LogP contribution in [0.2, 0.25) is 0 Å². The predicted molar refractivity (Wildman–Crippen MR) is 101 cm³/mol. The Balaban J connectivity index is 1.62. The molecule has 1 aliphatic rings. The van der Waals surface area contributed by atoms with Gasteiger partial charge in [-0.3, -0.25) is 4.79 Å². The van der Waals surface area contributed by atoms with E-state index in [-0.39, 0.29) is 17.8 Å². The molecule has 1 N–H and O–H groups in total. The lowest BCUT2D eigenvalue weighted by molar-refractivity contribution is -0.143. The number of carbonyl (C=O) groups is 2. The zero-order chi connectivity index (χ0) is 18.4. The van der Waals surface area contributed by atoms with E-state index in [1.807, 2.05) is 12.1 Å². The lowest BCUT2D eigenvalue weighted by Gasteiger charge is -2.19. The summed E-state index contributed by atoms with van der Waals surface area (Å²) in [6, 6.07) is 20.5. The van der Waals surface area contributed by atoms with Gasteiger partial charge in [0.05, 0.1) is 7.11 Å². The van der Waals surface area contributed by atoms with E-state index in [1.54, 1.807) is 0 Å². The second-order valence-electron chi connectivity index (χ2n) is 6.82. The fraction of sp³-hybridized carbons (Fsp3) is 0.364. The quantitative estimate of drug-likeness (QED) is 0.775. The second-order valence-corrected chi connectivity index (χ2v) is 6.82. The summed E-state index contributed by atoms with van der Waals surface area (Å²) in [5.74, 6) is -0.173. The summed E-state index contributed by atoms with van der Waals surface area (Å²) in [7, 11) is 1.35. The Hall–Kier alpha value is -2.62. The van der Waals surface area contributed by atoms with Crippen LogP contribution in [-0.4, -0.2) is 25.0 Å². The third-order valence-electron chi connectivity index (χ3n) is 5.14. The standard InChI is InChI=1S/C22H25NO3/c1-26-22(25)20-15-18(21(24)23-20)13-8-14-19(16-9-4-2-5-10-16)17-11-6-3-7-12-17/h2-7,9-12,18-20H,8,13-15H2,1H3,(H,23,24)/t18-,20+/m1/s1. The maximum atomic E-state index is 12.1. The van der Waals surface area contributed by atoms with E-state index >= 15 is 0 Å². The SMILES string of the molecule is COC(=O)[C@@H]1C[C@@H](CCCC(c2ccccc2)c2ccccc2)C(=O)N1. The summed E-state index contributed by atoms with van der Waals surface area (Å²) in [6.07, 6.45) is 3.23. The molecule has 0 spiro atoms. The second kappa shape index (κ2) is 8.65. The van der Waals surface area contributed by atoms with Crippen molar-refractivity contribution in [3.8, 4) is 0 Å². The lowest BCUT2D eigenvalue weighted by Crippen LogP contribution is -2.34. The van der Waals surface area contributed by atoms with Crippen LogP contribution in [0.1, 0.15) is 42.7 Å². The highest BCUT2D eigenvalue weighted by atomic mass is 16.5. The van der Waals surface area contributed by atoms with Crippen LogP contribution in [0.25, 0.3) is 0 Å². The molecule has 136 valence electrons. The van der Waals surface area contributed by atoms with Gasteiger partial charge in [0.15, 0.2) is 0 Å². The number of amides is 1. The molecule has 0 radical (unpaired) electrons. The monoisotopic (exact) mass is 351 g/mol. The van der Waals surface area contributed by atoms with Gasteiger partial charge in [-0.15, -0.1) is 0 Å². The van der Waals surface area contributed by atoms with Crippen molar-refractivity contribution >= 4 is 11.9 Å². The van der Waals surface area contributed by atoms with Crippen molar-refractivity contribution in [3.05, 3.63) is 71.8 Å². The van der Waals surface area contributed by atoms with Crippen LogP contribution in [0.3, 0.4) is 0 Å². The normalized spacial score (nSPS) is 19.4. The first kappa shape index (κ1) is 18.2. The molecule has 2 aromatic carbocycles. The molecule has 0 bridgehead atoms. The minimum absolute atomic E-state index is 0.0311. The Kier molecular flexibility index (Phi) is 6.05. The molecule has 0 aromatic heterocycles. The fourth-order valence-electron chi connectivity index (χ4n) is 3.75. The minimum atomic E-state index is -0.489. The smallest absolute Gasteiger partial charge is 0.328 e. The number of esters is 1. The molecule has 1 amide bonds. The molecule has 1 fully saturated rings. The predicted octanol–water partition coefficient (Wildman–Crippen LogP) is 3.67. The van der Waals surface area contributed by atoms with Gasteiger partial charge in [0.1, 0.15) is 6.04 Å². The van der Waals surface area contributed by atoms with Gasteiger partial charge in [-0.2, -0.15) is 0 Å². The van der Waals surface area contributed by atoms with E-state index in [2.05, 4.69) is 53.8 Å². The number of methoxy groups -OCH3 is 1. The Morgan fingerprint density at radius 1 is 1.08 bits per heavy atom. The summed E-state index contributed by atoms with van der Waals surface area (Å²) >= 11 is 0. The van der Waals surface area contributed by atoms with Crippen LogP contribution in [-0.2, 0) is 14.3 Å². The molecule has 0 aliphatic carbocycles. The van der Waals surface area contributed by atoms with Crippen LogP contribution >= 0.6 is 0 Å². The van der Waals surface area contributed by atoms with Gasteiger partial charge in [-0.1, -0.05) is 67.1 Å². The van der Waals surface area contributed by atoms with Crippen molar-refractivity contribution in [3.63, 3.8) is 0 Å². The highest BCUT2D eigenvalue weighted by Crippen LogP contribution is 2.31. The van der Waals surface area contributed by atoms with Gasteiger partial charge in [0.2, 0.25) is 5.91 Å². The molecule has 1 heterocycles.